The fraction of sp³-hybridized carbons (Fsp3) is 0.300. The molecule has 1 aliphatic carbocycles. The van der Waals surface area contributed by atoms with Gasteiger partial charge >= 0.3 is 0 Å². The highest BCUT2D eigenvalue weighted by Gasteiger charge is 2.17. The number of nitrogens with one attached hydrogen (secondary N) is 2. The van der Waals surface area contributed by atoms with Crippen LogP contribution in [-0.2, 0) is 0 Å². The molecule has 0 bridgehead atoms. The van der Waals surface area contributed by atoms with E-state index in [1.165, 1.54) is 32.1 Å². The maximum atomic E-state index is 12.8. The summed E-state index contributed by atoms with van der Waals surface area (Å²) in [6.45, 7) is 0. The van der Waals surface area contributed by atoms with Crippen LogP contribution in [0.1, 0.15) is 42.5 Å². The molecule has 128 valence electrons. The quantitative estimate of drug-likeness (QED) is 0.671. The maximum absolute atomic E-state index is 12.8. The number of anilines is 2. The number of thiophene rings is 1. The standard InChI is InChI=1S/C20H21N3OS/c24-20(16-13-25-18-11-5-4-9-15(16)18)23-17-10-6-12-21-19(17)22-14-7-2-1-3-8-14/h4-6,9-14H,1-3,7-8H2,(H,21,22)(H,23,24). The molecule has 0 aliphatic heterocycles. The van der Waals surface area contributed by atoms with Gasteiger partial charge in [-0.05, 0) is 31.0 Å². The lowest BCUT2D eigenvalue weighted by atomic mass is 9.95. The van der Waals surface area contributed by atoms with Crippen LogP contribution in [0.25, 0.3) is 10.1 Å². The Hall–Kier alpha value is -2.40. The minimum atomic E-state index is -0.0860. The Morgan fingerprint density at radius 3 is 2.80 bits per heavy atom. The van der Waals surface area contributed by atoms with E-state index in [-0.39, 0.29) is 5.91 Å². The zero-order valence-electron chi connectivity index (χ0n) is 14.0. The molecule has 4 nitrogen and oxygen atoms in total. The summed E-state index contributed by atoms with van der Waals surface area (Å²) in [7, 11) is 0. The molecule has 0 spiro atoms. The third-order valence-corrected chi connectivity index (χ3v) is 5.69. The Balaban J connectivity index is 1.55. The van der Waals surface area contributed by atoms with Crippen LogP contribution in [0.5, 0.6) is 0 Å². The maximum Gasteiger partial charge on any atom is 0.257 e. The number of pyridine rings is 1. The molecule has 0 unspecified atom stereocenters. The molecule has 2 N–H and O–H groups in total. The third-order valence-electron chi connectivity index (χ3n) is 4.73. The van der Waals surface area contributed by atoms with Crippen LogP contribution in [0, 0.1) is 0 Å². The van der Waals surface area contributed by atoms with Gasteiger partial charge in [0.05, 0.1) is 11.3 Å². The molecule has 1 saturated carbocycles. The van der Waals surface area contributed by atoms with E-state index in [0.717, 1.165) is 21.6 Å². The van der Waals surface area contributed by atoms with Crippen LogP contribution in [0.4, 0.5) is 11.5 Å². The summed E-state index contributed by atoms with van der Waals surface area (Å²) in [6, 6.07) is 12.2. The van der Waals surface area contributed by atoms with E-state index in [9.17, 15) is 4.79 Å². The highest BCUT2D eigenvalue weighted by Crippen LogP contribution is 2.28. The van der Waals surface area contributed by atoms with Gasteiger partial charge in [0.25, 0.3) is 5.91 Å². The van der Waals surface area contributed by atoms with Crippen molar-refractivity contribution in [1.29, 1.82) is 0 Å². The number of carbonyl (C=O) groups excluding carboxylic acids is 1. The molecule has 3 aromatic rings. The number of nitrogens with zero attached hydrogens (tertiary/aromatic N) is 1. The van der Waals surface area contributed by atoms with Crippen LogP contribution < -0.4 is 10.6 Å². The van der Waals surface area contributed by atoms with Gasteiger partial charge in [0, 0.05) is 27.7 Å². The van der Waals surface area contributed by atoms with Gasteiger partial charge in [0.2, 0.25) is 0 Å². The van der Waals surface area contributed by atoms with Gasteiger partial charge in [0.1, 0.15) is 5.82 Å². The van der Waals surface area contributed by atoms with Gasteiger partial charge in [-0.2, -0.15) is 0 Å². The summed E-state index contributed by atoms with van der Waals surface area (Å²) in [6.07, 6.45) is 7.93. The average Bonchev–Trinajstić information content (AvgIpc) is 3.08. The minimum absolute atomic E-state index is 0.0860. The van der Waals surface area contributed by atoms with Crippen molar-refractivity contribution < 1.29 is 4.79 Å². The lowest BCUT2D eigenvalue weighted by molar-refractivity contribution is 0.102. The van der Waals surface area contributed by atoms with Crippen molar-refractivity contribution in [1.82, 2.24) is 4.98 Å². The van der Waals surface area contributed by atoms with Gasteiger partial charge in [-0.25, -0.2) is 4.98 Å². The molecule has 0 atom stereocenters. The molecule has 2 heterocycles. The Labute approximate surface area is 151 Å². The summed E-state index contributed by atoms with van der Waals surface area (Å²) in [5.41, 5.74) is 1.46. The normalized spacial score (nSPS) is 15.2. The van der Waals surface area contributed by atoms with Gasteiger partial charge in [-0.15, -0.1) is 11.3 Å². The summed E-state index contributed by atoms with van der Waals surface area (Å²) >= 11 is 1.59. The molecule has 1 aromatic carbocycles. The number of aromatic nitrogens is 1. The molecular formula is C20H21N3OS. The van der Waals surface area contributed by atoms with Crippen molar-refractivity contribution in [3.05, 3.63) is 53.5 Å². The van der Waals surface area contributed by atoms with Crippen LogP contribution >= 0.6 is 11.3 Å². The zero-order valence-corrected chi connectivity index (χ0v) is 14.8. The summed E-state index contributed by atoms with van der Waals surface area (Å²) < 4.78 is 1.12. The highest BCUT2D eigenvalue weighted by atomic mass is 32.1. The fourth-order valence-corrected chi connectivity index (χ4v) is 4.35. The molecule has 1 amide bonds. The highest BCUT2D eigenvalue weighted by molar-refractivity contribution is 7.17. The Morgan fingerprint density at radius 2 is 1.92 bits per heavy atom. The molecule has 0 radical (unpaired) electrons. The molecule has 25 heavy (non-hydrogen) atoms. The molecule has 5 heteroatoms. The van der Waals surface area contributed by atoms with E-state index in [2.05, 4.69) is 15.6 Å². The topological polar surface area (TPSA) is 54.0 Å². The van der Waals surface area contributed by atoms with Crippen LogP contribution in [-0.4, -0.2) is 16.9 Å². The lowest BCUT2D eigenvalue weighted by Crippen LogP contribution is -2.24. The van der Waals surface area contributed by atoms with E-state index in [1.807, 2.05) is 41.8 Å². The molecule has 1 aliphatic rings. The Bertz CT molecular complexity index is 883. The summed E-state index contributed by atoms with van der Waals surface area (Å²) in [5.74, 6) is 0.680. The molecule has 4 rings (SSSR count). The second kappa shape index (κ2) is 7.23. The van der Waals surface area contributed by atoms with Crippen molar-refractivity contribution in [2.45, 2.75) is 38.1 Å². The first kappa shape index (κ1) is 16.1. The number of carbonyl (C=O) groups is 1. The van der Waals surface area contributed by atoms with Crippen molar-refractivity contribution in [2.75, 3.05) is 10.6 Å². The molecule has 2 aromatic heterocycles. The molecule has 0 saturated heterocycles. The third kappa shape index (κ3) is 3.51. The summed E-state index contributed by atoms with van der Waals surface area (Å²) in [4.78, 5) is 17.2. The van der Waals surface area contributed by atoms with Gasteiger partial charge < -0.3 is 10.6 Å². The van der Waals surface area contributed by atoms with E-state index in [0.29, 0.717) is 11.6 Å². The monoisotopic (exact) mass is 351 g/mol. The summed E-state index contributed by atoms with van der Waals surface area (Å²) in [5, 5.41) is 9.47. The largest absolute Gasteiger partial charge is 0.366 e. The number of hydrogen-bond donors (Lipinski definition) is 2. The Morgan fingerprint density at radius 1 is 1.08 bits per heavy atom. The first-order valence-corrected chi connectivity index (χ1v) is 9.68. The van der Waals surface area contributed by atoms with Crippen LogP contribution in [0.2, 0.25) is 0 Å². The predicted octanol–water partition coefficient (Wildman–Crippen LogP) is 5.29. The SMILES string of the molecule is O=C(Nc1cccnc1NC1CCCCC1)c1csc2ccccc12. The van der Waals surface area contributed by atoms with Gasteiger partial charge in [-0.1, -0.05) is 37.5 Å². The van der Waals surface area contributed by atoms with E-state index >= 15 is 0 Å². The molecular weight excluding hydrogens is 330 g/mol. The number of hydrogen-bond acceptors (Lipinski definition) is 4. The lowest BCUT2D eigenvalue weighted by Gasteiger charge is -2.24. The van der Waals surface area contributed by atoms with Crippen molar-refractivity contribution in [2.24, 2.45) is 0 Å². The van der Waals surface area contributed by atoms with E-state index < -0.39 is 0 Å². The number of benzene rings is 1. The molecule has 1 fully saturated rings. The first-order chi connectivity index (χ1) is 12.3. The number of fused-ring (bicyclic) bond motifs is 1. The Kier molecular flexibility index (Phi) is 4.65. The fourth-order valence-electron chi connectivity index (χ4n) is 3.40. The first-order valence-electron chi connectivity index (χ1n) is 8.80. The average molecular weight is 351 g/mol. The number of amides is 1. The van der Waals surface area contributed by atoms with Crippen molar-refractivity contribution in [3.63, 3.8) is 0 Å². The van der Waals surface area contributed by atoms with Crippen molar-refractivity contribution >= 4 is 38.8 Å². The van der Waals surface area contributed by atoms with E-state index in [1.54, 1.807) is 17.5 Å². The minimum Gasteiger partial charge on any atom is -0.366 e. The van der Waals surface area contributed by atoms with Crippen LogP contribution in [0.3, 0.4) is 0 Å². The smallest absolute Gasteiger partial charge is 0.257 e. The number of rotatable bonds is 4. The van der Waals surface area contributed by atoms with E-state index in [4.69, 9.17) is 0 Å². The predicted molar refractivity (Wildman–Crippen MR) is 105 cm³/mol. The van der Waals surface area contributed by atoms with Crippen molar-refractivity contribution in [3.8, 4) is 0 Å². The second-order valence-electron chi connectivity index (χ2n) is 6.48. The van der Waals surface area contributed by atoms with Crippen LogP contribution in [0.15, 0.2) is 48.0 Å². The zero-order chi connectivity index (χ0) is 17.1. The van der Waals surface area contributed by atoms with Gasteiger partial charge in [-0.3, -0.25) is 4.79 Å². The van der Waals surface area contributed by atoms with Gasteiger partial charge in [0.15, 0.2) is 0 Å². The second-order valence-corrected chi connectivity index (χ2v) is 7.39.